The minimum Gasteiger partial charge on any atom is -0.348 e. The smallest absolute Gasteiger partial charge is 0.251 e. The van der Waals surface area contributed by atoms with Gasteiger partial charge in [-0.15, -0.1) is 0 Å². The summed E-state index contributed by atoms with van der Waals surface area (Å²) in [4.78, 5) is 27.3. The molecule has 0 aliphatic carbocycles. The predicted molar refractivity (Wildman–Crippen MR) is 107 cm³/mol. The second-order valence-electron chi connectivity index (χ2n) is 7.11. The van der Waals surface area contributed by atoms with Crippen LogP contribution < -0.4 is 5.32 Å². The Bertz CT molecular complexity index is 899. The Balaban J connectivity index is 1.35. The molecule has 1 amide bonds. The Labute approximate surface area is 164 Å². The van der Waals surface area contributed by atoms with Gasteiger partial charge in [-0.3, -0.25) is 14.7 Å². The fourth-order valence-corrected chi connectivity index (χ4v) is 3.60. The molecule has 6 heteroatoms. The summed E-state index contributed by atoms with van der Waals surface area (Å²) in [6.07, 6.45) is 10.8. The Hall–Kier alpha value is -3.12. The number of aromatic nitrogens is 3. The summed E-state index contributed by atoms with van der Waals surface area (Å²) in [6.45, 7) is 2.78. The molecule has 1 unspecified atom stereocenters. The SMILES string of the molecule is O=C(NC1CCCN(Cc2cccnc2)C1)c1ccc(-c2cncnc2)cc1. The molecule has 0 bridgehead atoms. The van der Waals surface area contributed by atoms with Crippen molar-refractivity contribution in [1.29, 1.82) is 0 Å². The second-order valence-corrected chi connectivity index (χ2v) is 7.11. The zero-order valence-corrected chi connectivity index (χ0v) is 15.7. The summed E-state index contributed by atoms with van der Waals surface area (Å²) in [5, 5.41) is 3.19. The third kappa shape index (κ3) is 4.58. The van der Waals surface area contributed by atoms with Crippen molar-refractivity contribution in [3.05, 3.63) is 78.6 Å². The van der Waals surface area contributed by atoms with Gasteiger partial charge >= 0.3 is 0 Å². The van der Waals surface area contributed by atoms with Gasteiger partial charge in [-0.25, -0.2) is 9.97 Å². The van der Waals surface area contributed by atoms with Gasteiger partial charge in [0, 0.05) is 55.0 Å². The molecular weight excluding hydrogens is 350 g/mol. The highest BCUT2D eigenvalue weighted by molar-refractivity contribution is 5.94. The monoisotopic (exact) mass is 373 g/mol. The van der Waals surface area contributed by atoms with E-state index in [4.69, 9.17) is 0 Å². The van der Waals surface area contributed by atoms with E-state index < -0.39 is 0 Å². The molecule has 1 saturated heterocycles. The van der Waals surface area contributed by atoms with Crippen molar-refractivity contribution in [2.75, 3.05) is 13.1 Å². The summed E-state index contributed by atoms with van der Waals surface area (Å²) in [5.41, 5.74) is 3.81. The third-order valence-electron chi connectivity index (χ3n) is 5.01. The Kier molecular flexibility index (Phi) is 5.68. The van der Waals surface area contributed by atoms with Crippen LogP contribution in [0.4, 0.5) is 0 Å². The first-order chi connectivity index (χ1) is 13.8. The highest BCUT2D eigenvalue weighted by Gasteiger charge is 2.22. The van der Waals surface area contributed by atoms with Crippen LogP contribution in [0.2, 0.25) is 0 Å². The van der Waals surface area contributed by atoms with Crippen molar-refractivity contribution in [2.24, 2.45) is 0 Å². The molecule has 0 saturated carbocycles. The molecule has 1 N–H and O–H groups in total. The molecule has 1 aromatic carbocycles. The molecule has 1 fully saturated rings. The van der Waals surface area contributed by atoms with Gasteiger partial charge < -0.3 is 5.32 Å². The molecule has 0 spiro atoms. The Morgan fingerprint density at radius 3 is 2.61 bits per heavy atom. The van der Waals surface area contributed by atoms with Crippen LogP contribution in [0.15, 0.2) is 67.5 Å². The van der Waals surface area contributed by atoms with Crippen molar-refractivity contribution in [3.63, 3.8) is 0 Å². The summed E-state index contributed by atoms with van der Waals surface area (Å²) in [7, 11) is 0. The van der Waals surface area contributed by atoms with Crippen molar-refractivity contribution in [1.82, 2.24) is 25.2 Å². The van der Waals surface area contributed by atoms with Crippen LogP contribution >= 0.6 is 0 Å². The fourth-order valence-electron chi connectivity index (χ4n) is 3.60. The zero-order valence-electron chi connectivity index (χ0n) is 15.7. The first-order valence-electron chi connectivity index (χ1n) is 9.55. The first-order valence-corrected chi connectivity index (χ1v) is 9.55. The lowest BCUT2D eigenvalue weighted by Crippen LogP contribution is -2.47. The van der Waals surface area contributed by atoms with E-state index in [2.05, 4.69) is 31.2 Å². The van der Waals surface area contributed by atoms with Gasteiger partial charge in [-0.2, -0.15) is 0 Å². The quantitative estimate of drug-likeness (QED) is 0.745. The van der Waals surface area contributed by atoms with E-state index in [-0.39, 0.29) is 11.9 Å². The number of carbonyl (C=O) groups excluding carboxylic acids is 1. The number of hydrogen-bond acceptors (Lipinski definition) is 5. The standard InChI is InChI=1S/C22H23N5O/c28-22(19-7-5-18(6-8-19)20-12-24-16-25-13-20)26-21-4-2-10-27(15-21)14-17-3-1-9-23-11-17/h1,3,5-9,11-13,16,21H,2,4,10,14-15H2,(H,26,28). The zero-order chi connectivity index (χ0) is 19.2. The van der Waals surface area contributed by atoms with E-state index in [1.165, 1.54) is 11.9 Å². The molecule has 142 valence electrons. The van der Waals surface area contributed by atoms with Gasteiger partial charge in [0.25, 0.3) is 5.91 Å². The largest absolute Gasteiger partial charge is 0.348 e. The van der Waals surface area contributed by atoms with Crippen molar-refractivity contribution in [2.45, 2.75) is 25.4 Å². The van der Waals surface area contributed by atoms with Crippen LogP contribution in [0.3, 0.4) is 0 Å². The highest BCUT2D eigenvalue weighted by Crippen LogP contribution is 2.18. The van der Waals surface area contributed by atoms with Crippen LogP contribution in [0.25, 0.3) is 11.1 Å². The van der Waals surface area contributed by atoms with E-state index in [0.29, 0.717) is 5.56 Å². The number of amides is 1. The van der Waals surface area contributed by atoms with E-state index in [0.717, 1.165) is 43.6 Å². The van der Waals surface area contributed by atoms with Gasteiger partial charge in [0.1, 0.15) is 6.33 Å². The molecule has 0 radical (unpaired) electrons. The summed E-state index contributed by atoms with van der Waals surface area (Å²) in [5.74, 6) is -0.0240. The number of piperidine rings is 1. The lowest BCUT2D eigenvalue weighted by atomic mass is 10.0. The molecule has 1 aliphatic heterocycles. The van der Waals surface area contributed by atoms with Crippen LogP contribution in [0, 0.1) is 0 Å². The molecule has 1 aliphatic rings. The van der Waals surface area contributed by atoms with Crippen LogP contribution in [0.1, 0.15) is 28.8 Å². The normalized spacial score (nSPS) is 17.2. The lowest BCUT2D eigenvalue weighted by molar-refractivity contribution is 0.0901. The van der Waals surface area contributed by atoms with Crippen LogP contribution in [-0.4, -0.2) is 44.9 Å². The number of hydrogen-bond donors (Lipinski definition) is 1. The Morgan fingerprint density at radius 1 is 1.04 bits per heavy atom. The molecule has 1 atom stereocenters. The number of carbonyl (C=O) groups is 1. The maximum atomic E-state index is 12.7. The summed E-state index contributed by atoms with van der Waals surface area (Å²) >= 11 is 0. The van der Waals surface area contributed by atoms with Crippen LogP contribution in [-0.2, 0) is 6.54 Å². The molecule has 6 nitrogen and oxygen atoms in total. The van der Waals surface area contributed by atoms with Crippen molar-refractivity contribution >= 4 is 5.91 Å². The molecule has 2 aromatic heterocycles. The maximum Gasteiger partial charge on any atom is 0.251 e. The number of benzene rings is 1. The number of likely N-dealkylation sites (tertiary alicyclic amines) is 1. The molecule has 3 heterocycles. The van der Waals surface area contributed by atoms with E-state index in [1.54, 1.807) is 18.6 Å². The minimum atomic E-state index is -0.0240. The lowest BCUT2D eigenvalue weighted by Gasteiger charge is -2.33. The summed E-state index contributed by atoms with van der Waals surface area (Å²) < 4.78 is 0. The molecule has 4 rings (SSSR count). The minimum absolute atomic E-state index is 0.0240. The van der Waals surface area contributed by atoms with Crippen molar-refractivity contribution in [3.8, 4) is 11.1 Å². The Morgan fingerprint density at radius 2 is 1.86 bits per heavy atom. The maximum absolute atomic E-state index is 12.7. The van der Waals surface area contributed by atoms with E-state index in [1.807, 2.05) is 36.5 Å². The van der Waals surface area contributed by atoms with Crippen LogP contribution in [0.5, 0.6) is 0 Å². The van der Waals surface area contributed by atoms with E-state index in [9.17, 15) is 4.79 Å². The number of nitrogens with one attached hydrogen (secondary N) is 1. The number of rotatable bonds is 5. The van der Waals surface area contributed by atoms with Gasteiger partial charge in [0.15, 0.2) is 0 Å². The molecular formula is C22H23N5O. The number of pyridine rings is 1. The molecule has 3 aromatic rings. The fraction of sp³-hybridized carbons (Fsp3) is 0.273. The van der Waals surface area contributed by atoms with Gasteiger partial charge in [0.2, 0.25) is 0 Å². The van der Waals surface area contributed by atoms with Gasteiger partial charge in [-0.05, 0) is 48.7 Å². The average Bonchev–Trinajstić information content (AvgIpc) is 2.75. The second kappa shape index (κ2) is 8.71. The predicted octanol–water partition coefficient (Wildman–Crippen LogP) is 2.93. The van der Waals surface area contributed by atoms with Gasteiger partial charge in [0.05, 0.1) is 0 Å². The number of nitrogens with zero attached hydrogens (tertiary/aromatic N) is 4. The topological polar surface area (TPSA) is 71.0 Å². The summed E-state index contributed by atoms with van der Waals surface area (Å²) in [6, 6.07) is 11.8. The van der Waals surface area contributed by atoms with Crippen molar-refractivity contribution < 1.29 is 4.79 Å². The molecule has 28 heavy (non-hydrogen) atoms. The van der Waals surface area contributed by atoms with E-state index >= 15 is 0 Å². The first kappa shape index (κ1) is 18.3. The highest BCUT2D eigenvalue weighted by atomic mass is 16.1. The van der Waals surface area contributed by atoms with Gasteiger partial charge in [-0.1, -0.05) is 18.2 Å². The average molecular weight is 373 g/mol. The third-order valence-corrected chi connectivity index (χ3v) is 5.01.